The van der Waals surface area contributed by atoms with Crippen LogP contribution in [-0.4, -0.2) is 54.0 Å². The van der Waals surface area contributed by atoms with Gasteiger partial charge in [-0.1, -0.05) is 30.9 Å². The van der Waals surface area contributed by atoms with Gasteiger partial charge in [0.25, 0.3) is 5.91 Å². The number of anilines is 1. The summed E-state index contributed by atoms with van der Waals surface area (Å²) in [4.78, 5) is 22.2. The normalized spacial score (nSPS) is 16.4. The van der Waals surface area contributed by atoms with Crippen molar-refractivity contribution in [3.05, 3.63) is 60.5 Å². The summed E-state index contributed by atoms with van der Waals surface area (Å²) in [7, 11) is 1.64. The van der Waals surface area contributed by atoms with Crippen molar-refractivity contribution in [2.75, 3.05) is 38.5 Å². The number of carbonyl (C=O) groups excluding carboxylic acids is 1. The molecule has 3 heterocycles. The monoisotopic (exact) mass is 393 g/mol. The van der Waals surface area contributed by atoms with Crippen molar-refractivity contribution in [1.82, 2.24) is 20.2 Å². The molecule has 0 aliphatic carbocycles. The second-order valence-corrected chi connectivity index (χ2v) is 7.44. The summed E-state index contributed by atoms with van der Waals surface area (Å²) < 4.78 is 0. The number of fused-ring (bicyclic) bond motifs is 1. The lowest BCUT2D eigenvalue weighted by Gasteiger charge is -2.32. The molecule has 0 saturated carbocycles. The first-order valence-corrected chi connectivity index (χ1v) is 10.2. The number of hydrogen-bond donors (Lipinski definition) is 3. The first kappa shape index (κ1) is 20.9. The summed E-state index contributed by atoms with van der Waals surface area (Å²) in [6.07, 6.45) is 13.9. The molecule has 6 nitrogen and oxygen atoms in total. The lowest BCUT2D eigenvalue weighted by Crippen LogP contribution is -2.37. The fourth-order valence-electron chi connectivity index (χ4n) is 3.88. The van der Waals surface area contributed by atoms with Crippen LogP contribution in [0.2, 0.25) is 0 Å². The van der Waals surface area contributed by atoms with E-state index in [9.17, 15) is 4.79 Å². The Hall–Kier alpha value is -2.86. The van der Waals surface area contributed by atoms with Gasteiger partial charge in [0.2, 0.25) is 0 Å². The van der Waals surface area contributed by atoms with Crippen LogP contribution < -0.4 is 10.6 Å². The molecule has 1 fully saturated rings. The molecule has 1 amide bonds. The zero-order valence-electron chi connectivity index (χ0n) is 17.4. The van der Waals surface area contributed by atoms with Gasteiger partial charge in [-0.25, -0.2) is 4.98 Å². The minimum Gasteiger partial charge on any atom is -0.383 e. The van der Waals surface area contributed by atoms with Gasteiger partial charge in [-0.15, -0.1) is 0 Å². The van der Waals surface area contributed by atoms with Gasteiger partial charge in [0, 0.05) is 37.9 Å². The van der Waals surface area contributed by atoms with Crippen LogP contribution in [0.15, 0.2) is 54.9 Å². The number of H-pyrrole nitrogens is 1. The molecule has 2 aromatic heterocycles. The van der Waals surface area contributed by atoms with Crippen molar-refractivity contribution < 1.29 is 4.79 Å². The smallest absolute Gasteiger partial charge is 0.254 e. The third kappa shape index (κ3) is 5.15. The van der Waals surface area contributed by atoms with Gasteiger partial charge in [0.05, 0.1) is 11.3 Å². The first-order chi connectivity index (χ1) is 14.2. The Morgan fingerprint density at radius 1 is 1.41 bits per heavy atom. The molecule has 29 heavy (non-hydrogen) atoms. The van der Waals surface area contributed by atoms with Crippen LogP contribution in [0.1, 0.15) is 30.1 Å². The number of nitrogens with one attached hydrogen (secondary N) is 3. The second-order valence-electron chi connectivity index (χ2n) is 7.44. The number of likely N-dealkylation sites (tertiary alicyclic amines) is 1. The maximum absolute atomic E-state index is 12.3. The van der Waals surface area contributed by atoms with Gasteiger partial charge in [-0.05, 0) is 50.4 Å². The molecule has 0 radical (unpaired) electrons. The maximum atomic E-state index is 12.3. The maximum Gasteiger partial charge on any atom is 0.254 e. The number of aromatic amines is 1. The van der Waals surface area contributed by atoms with Crippen molar-refractivity contribution >= 4 is 22.6 Å². The number of carbonyl (C=O) groups is 1. The van der Waals surface area contributed by atoms with E-state index in [1.54, 1.807) is 13.2 Å². The van der Waals surface area contributed by atoms with E-state index in [0.29, 0.717) is 11.5 Å². The van der Waals surface area contributed by atoms with Crippen LogP contribution in [0.5, 0.6) is 0 Å². The molecule has 1 aliphatic heterocycles. The number of pyridine rings is 1. The number of piperidine rings is 1. The Balaban J connectivity index is 1.61. The number of hydrogen-bond acceptors (Lipinski definition) is 4. The molecule has 154 valence electrons. The summed E-state index contributed by atoms with van der Waals surface area (Å²) in [5.74, 6) is 0.461. The molecule has 0 spiro atoms. The largest absolute Gasteiger partial charge is 0.383 e. The minimum absolute atomic E-state index is 0.122. The standard InChI is InChI=1S/C23H31N5O/c1-4-6-18(7-5-2)16-28-12-9-17(10-13-28)14-26-21-19-8-11-25-22(19)27-15-20(21)23(29)24-3/h4-8,11,15,17H,1,9-10,12-14,16H2,2-3H3,(H,24,29)(H2,25,26,27)/b7-5-,18-6+. The predicted octanol–water partition coefficient (Wildman–Crippen LogP) is 3.73. The molecule has 0 bridgehead atoms. The lowest BCUT2D eigenvalue weighted by molar-refractivity contribution is 0.0963. The molecule has 2 aromatic rings. The van der Waals surface area contributed by atoms with E-state index in [4.69, 9.17) is 0 Å². The van der Waals surface area contributed by atoms with Gasteiger partial charge in [0.1, 0.15) is 5.65 Å². The van der Waals surface area contributed by atoms with E-state index in [1.807, 2.05) is 25.3 Å². The van der Waals surface area contributed by atoms with Crippen LogP contribution >= 0.6 is 0 Å². The summed E-state index contributed by atoms with van der Waals surface area (Å²) in [6.45, 7) is 9.83. The van der Waals surface area contributed by atoms with Gasteiger partial charge in [-0.2, -0.15) is 0 Å². The molecule has 3 N–H and O–H groups in total. The van der Waals surface area contributed by atoms with Gasteiger partial charge in [0.15, 0.2) is 0 Å². The van der Waals surface area contributed by atoms with E-state index < -0.39 is 0 Å². The Morgan fingerprint density at radius 2 is 2.21 bits per heavy atom. The van der Waals surface area contributed by atoms with Crippen molar-refractivity contribution in [2.24, 2.45) is 5.92 Å². The Kier molecular flexibility index (Phi) is 7.25. The van der Waals surface area contributed by atoms with Crippen molar-refractivity contribution in [2.45, 2.75) is 19.8 Å². The third-order valence-corrected chi connectivity index (χ3v) is 5.45. The average Bonchev–Trinajstić information content (AvgIpc) is 3.22. The molecule has 1 saturated heterocycles. The van der Waals surface area contributed by atoms with E-state index in [2.05, 4.69) is 50.3 Å². The first-order valence-electron chi connectivity index (χ1n) is 10.2. The van der Waals surface area contributed by atoms with Crippen LogP contribution in [0.25, 0.3) is 11.0 Å². The molecule has 0 aromatic carbocycles. The average molecular weight is 394 g/mol. The van der Waals surface area contributed by atoms with Crippen LogP contribution in [0.3, 0.4) is 0 Å². The zero-order valence-corrected chi connectivity index (χ0v) is 17.4. The fraction of sp³-hybridized carbons (Fsp3) is 0.391. The summed E-state index contributed by atoms with van der Waals surface area (Å²) >= 11 is 0. The van der Waals surface area contributed by atoms with E-state index in [0.717, 1.165) is 55.7 Å². The lowest BCUT2D eigenvalue weighted by atomic mass is 9.96. The molecular weight excluding hydrogens is 362 g/mol. The SMILES string of the molecule is C=C/C=C(\C=C/C)CN1CCC(CNc2c(C(=O)NC)cnc3[nH]ccc23)CC1. The fourth-order valence-corrected chi connectivity index (χ4v) is 3.88. The quantitative estimate of drug-likeness (QED) is 0.598. The van der Waals surface area contributed by atoms with Gasteiger partial charge in [-0.3, -0.25) is 9.69 Å². The highest BCUT2D eigenvalue weighted by atomic mass is 16.1. The molecular formula is C23H31N5O. The Bertz CT molecular complexity index is 903. The number of aromatic nitrogens is 2. The summed E-state index contributed by atoms with van der Waals surface area (Å²) in [5.41, 5.74) is 3.53. The summed E-state index contributed by atoms with van der Waals surface area (Å²) in [5, 5.41) is 7.21. The second kappa shape index (κ2) is 10.1. The molecule has 3 rings (SSSR count). The highest BCUT2D eigenvalue weighted by Gasteiger charge is 2.21. The highest BCUT2D eigenvalue weighted by molar-refractivity contribution is 6.06. The third-order valence-electron chi connectivity index (χ3n) is 5.45. The van der Waals surface area contributed by atoms with Crippen molar-refractivity contribution in [3.8, 4) is 0 Å². The number of allylic oxidation sites excluding steroid dienone is 3. The number of amides is 1. The predicted molar refractivity (Wildman–Crippen MR) is 120 cm³/mol. The highest BCUT2D eigenvalue weighted by Crippen LogP contribution is 2.27. The van der Waals surface area contributed by atoms with Crippen LogP contribution in [0.4, 0.5) is 5.69 Å². The minimum atomic E-state index is -0.122. The number of rotatable bonds is 8. The Morgan fingerprint density at radius 3 is 2.90 bits per heavy atom. The molecule has 0 atom stereocenters. The van der Waals surface area contributed by atoms with Gasteiger partial charge < -0.3 is 15.6 Å². The molecule has 0 unspecified atom stereocenters. The van der Waals surface area contributed by atoms with Crippen molar-refractivity contribution in [3.63, 3.8) is 0 Å². The van der Waals surface area contributed by atoms with Crippen LogP contribution in [-0.2, 0) is 0 Å². The van der Waals surface area contributed by atoms with E-state index >= 15 is 0 Å². The summed E-state index contributed by atoms with van der Waals surface area (Å²) in [6, 6.07) is 1.97. The molecule has 1 aliphatic rings. The van der Waals surface area contributed by atoms with E-state index in [-0.39, 0.29) is 5.91 Å². The molecule has 6 heteroatoms. The van der Waals surface area contributed by atoms with Gasteiger partial charge >= 0.3 is 0 Å². The van der Waals surface area contributed by atoms with Crippen LogP contribution in [0, 0.1) is 5.92 Å². The Labute approximate surface area is 172 Å². The van der Waals surface area contributed by atoms with Crippen molar-refractivity contribution in [1.29, 1.82) is 0 Å². The zero-order chi connectivity index (χ0) is 20.6. The van der Waals surface area contributed by atoms with E-state index in [1.165, 1.54) is 5.57 Å². The number of nitrogens with zero attached hydrogens (tertiary/aromatic N) is 2. The topological polar surface area (TPSA) is 73.1 Å².